The molecule has 0 spiro atoms. The molecule has 0 atom stereocenters. The maximum Gasteiger partial charge on any atom is 0.338 e. The molecule has 0 aliphatic rings. The highest BCUT2D eigenvalue weighted by atomic mass is 16.4. The topological polar surface area (TPSA) is 42.2 Å². The second kappa shape index (κ2) is 3.67. The number of benzene rings is 1. The van der Waals surface area contributed by atoms with Crippen LogP contribution in [-0.2, 0) is 13.5 Å². The van der Waals surface area contributed by atoms with Gasteiger partial charge in [-0.3, -0.25) is 0 Å². The highest BCUT2D eigenvalue weighted by Crippen LogP contribution is 2.26. The molecule has 1 aromatic carbocycles. The van der Waals surface area contributed by atoms with Crippen molar-refractivity contribution in [1.82, 2.24) is 4.57 Å². The van der Waals surface area contributed by atoms with Crippen molar-refractivity contribution < 1.29 is 9.90 Å². The zero-order valence-electron chi connectivity index (χ0n) is 9.74. The number of hydrogen-bond acceptors (Lipinski definition) is 1. The van der Waals surface area contributed by atoms with Crippen molar-refractivity contribution in [3.8, 4) is 0 Å². The number of aryl methyl sites for hydroxylation is 2. The standard InChI is InChI=1S/C13H15NO2/c1-4-9-5-6-11-10(7-9)12(13(15)16)8(2)14(11)3/h5-7H,4H2,1-3H3,(H,15,16). The first-order chi connectivity index (χ1) is 7.56. The largest absolute Gasteiger partial charge is 0.478 e. The Balaban J connectivity index is 2.86. The molecule has 84 valence electrons. The number of nitrogens with zero attached hydrogens (tertiary/aromatic N) is 1. The molecule has 0 aliphatic carbocycles. The number of rotatable bonds is 2. The third-order valence-electron chi connectivity index (χ3n) is 3.18. The zero-order chi connectivity index (χ0) is 11.9. The summed E-state index contributed by atoms with van der Waals surface area (Å²) in [4.78, 5) is 11.2. The Kier molecular flexibility index (Phi) is 2.46. The van der Waals surface area contributed by atoms with E-state index in [0.717, 1.165) is 23.0 Å². The van der Waals surface area contributed by atoms with Gasteiger partial charge in [0.1, 0.15) is 0 Å². The van der Waals surface area contributed by atoms with Gasteiger partial charge in [0.25, 0.3) is 0 Å². The van der Waals surface area contributed by atoms with Gasteiger partial charge >= 0.3 is 5.97 Å². The molecule has 0 aliphatic heterocycles. The molecule has 1 heterocycles. The molecular weight excluding hydrogens is 202 g/mol. The maximum atomic E-state index is 11.2. The normalized spacial score (nSPS) is 10.9. The van der Waals surface area contributed by atoms with Crippen LogP contribution in [0.4, 0.5) is 0 Å². The predicted molar refractivity (Wildman–Crippen MR) is 64.0 cm³/mol. The average molecular weight is 217 g/mol. The van der Waals surface area contributed by atoms with Crippen LogP contribution in [0.5, 0.6) is 0 Å². The van der Waals surface area contributed by atoms with Gasteiger partial charge in [0.2, 0.25) is 0 Å². The fraction of sp³-hybridized carbons (Fsp3) is 0.308. The molecule has 0 bridgehead atoms. The van der Waals surface area contributed by atoms with Gasteiger partial charge in [-0.2, -0.15) is 0 Å². The Hall–Kier alpha value is -1.77. The van der Waals surface area contributed by atoms with Gasteiger partial charge in [-0.15, -0.1) is 0 Å². The van der Waals surface area contributed by atoms with E-state index >= 15 is 0 Å². The third kappa shape index (κ3) is 1.40. The number of aromatic carboxylic acids is 1. The molecule has 0 amide bonds. The summed E-state index contributed by atoms with van der Waals surface area (Å²) < 4.78 is 1.93. The Bertz CT molecular complexity index is 567. The quantitative estimate of drug-likeness (QED) is 0.840. The number of fused-ring (bicyclic) bond motifs is 1. The summed E-state index contributed by atoms with van der Waals surface area (Å²) in [6, 6.07) is 6.02. The molecule has 3 heteroatoms. The van der Waals surface area contributed by atoms with E-state index in [1.54, 1.807) is 0 Å². The van der Waals surface area contributed by atoms with Gasteiger partial charge in [-0.05, 0) is 31.0 Å². The lowest BCUT2D eigenvalue weighted by atomic mass is 10.1. The summed E-state index contributed by atoms with van der Waals surface area (Å²) in [6.45, 7) is 3.91. The third-order valence-corrected chi connectivity index (χ3v) is 3.18. The van der Waals surface area contributed by atoms with Crippen LogP contribution >= 0.6 is 0 Å². The molecule has 1 aromatic heterocycles. The summed E-state index contributed by atoms with van der Waals surface area (Å²) in [5, 5.41) is 10.1. The van der Waals surface area contributed by atoms with Crippen molar-refractivity contribution in [2.45, 2.75) is 20.3 Å². The summed E-state index contributed by atoms with van der Waals surface area (Å²) >= 11 is 0. The van der Waals surface area contributed by atoms with E-state index in [9.17, 15) is 9.90 Å². The molecule has 0 unspecified atom stereocenters. The minimum atomic E-state index is -0.851. The summed E-state index contributed by atoms with van der Waals surface area (Å²) in [5.41, 5.74) is 3.37. The van der Waals surface area contributed by atoms with Crippen LogP contribution in [0.2, 0.25) is 0 Å². The van der Waals surface area contributed by atoms with E-state index in [2.05, 4.69) is 6.92 Å². The molecule has 2 rings (SSSR count). The molecule has 0 saturated heterocycles. The van der Waals surface area contributed by atoms with Crippen LogP contribution in [0.1, 0.15) is 28.5 Å². The lowest BCUT2D eigenvalue weighted by Crippen LogP contribution is -1.99. The summed E-state index contributed by atoms with van der Waals surface area (Å²) in [7, 11) is 1.90. The Morgan fingerprint density at radius 1 is 1.44 bits per heavy atom. The van der Waals surface area contributed by atoms with E-state index in [1.165, 1.54) is 5.56 Å². The van der Waals surface area contributed by atoms with Crippen LogP contribution in [0.25, 0.3) is 10.9 Å². The first-order valence-electron chi connectivity index (χ1n) is 5.37. The minimum absolute atomic E-state index is 0.424. The van der Waals surface area contributed by atoms with E-state index in [1.807, 2.05) is 36.7 Å². The highest BCUT2D eigenvalue weighted by Gasteiger charge is 2.17. The first-order valence-corrected chi connectivity index (χ1v) is 5.37. The van der Waals surface area contributed by atoms with E-state index in [0.29, 0.717) is 5.56 Å². The Morgan fingerprint density at radius 2 is 2.12 bits per heavy atom. The van der Waals surface area contributed by atoms with Crippen molar-refractivity contribution >= 4 is 16.9 Å². The van der Waals surface area contributed by atoms with Crippen molar-refractivity contribution in [3.05, 3.63) is 35.0 Å². The van der Waals surface area contributed by atoms with Gasteiger partial charge in [0, 0.05) is 23.6 Å². The monoisotopic (exact) mass is 217 g/mol. The fourth-order valence-corrected chi connectivity index (χ4v) is 2.11. The van der Waals surface area contributed by atoms with Crippen LogP contribution in [0.3, 0.4) is 0 Å². The molecule has 0 radical (unpaired) electrons. The number of aromatic nitrogens is 1. The lowest BCUT2D eigenvalue weighted by Gasteiger charge is -1.99. The molecule has 0 saturated carbocycles. The van der Waals surface area contributed by atoms with Crippen LogP contribution in [-0.4, -0.2) is 15.6 Å². The molecule has 1 N–H and O–H groups in total. The SMILES string of the molecule is CCc1ccc2c(c1)c(C(=O)O)c(C)n2C. The number of carbonyl (C=O) groups is 1. The second-order valence-corrected chi connectivity index (χ2v) is 4.03. The van der Waals surface area contributed by atoms with E-state index < -0.39 is 5.97 Å². The first kappa shape index (κ1) is 10.7. The van der Waals surface area contributed by atoms with Gasteiger partial charge in [0.05, 0.1) is 5.56 Å². The average Bonchev–Trinajstić information content (AvgIpc) is 2.51. The van der Waals surface area contributed by atoms with E-state index in [-0.39, 0.29) is 0 Å². The van der Waals surface area contributed by atoms with Gasteiger partial charge in [-0.25, -0.2) is 4.79 Å². The Labute approximate surface area is 94.3 Å². The molecule has 3 nitrogen and oxygen atoms in total. The van der Waals surface area contributed by atoms with Crippen molar-refractivity contribution in [2.75, 3.05) is 0 Å². The number of carboxylic acid groups (broad SMARTS) is 1. The summed E-state index contributed by atoms with van der Waals surface area (Å²) in [5.74, 6) is -0.851. The highest BCUT2D eigenvalue weighted by molar-refractivity contribution is 6.05. The van der Waals surface area contributed by atoms with Crippen LogP contribution in [0, 0.1) is 6.92 Å². The minimum Gasteiger partial charge on any atom is -0.478 e. The van der Waals surface area contributed by atoms with Crippen molar-refractivity contribution in [1.29, 1.82) is 0 Å². The van der Waals surface area contributed by atoms with Crippen molar-refractivity contribution in [2.24, 2.45) is 7.05 Å². The van der Waals surface area contributed by atoms with Crippen LogP contribution < -0.4 is 0 Å². The van der Waals surface area contributed by atoms with Gasteiger partial charge < -0.3 is 9.67 Å². The Morgan fingerprint density at radius 3 is 2.69 bits per heavy atom. The molecule has 2 aromatic rings. The fourth-order valence-electron chi connectivity index (χ4n) is 2.11. The zero-order valence-corrected chi connectivity index (χ0v) is 9.74. The van der Waals surface area contributed by atoms with Gasteiger partial charge in [0.15, 0.2) is 0 Å². The molecule has 0 fully saturated rings. The van der Waals surface area contributed by atoms with Crippen LogP contribution in [0.15, 0.2) is 18.2 Å². The lowest BCUT2D eigenvalue weighted by molar-refractivity contribution is 0.0698. The number of hydrogen-bond donors (Lipinski definition) is 1. The molecular formula is C13H15NO2. The van der Waals surface area contributed by atoms with E-state index in [4.69, 9.17) is 0 Å². The van der Waals surface area contributed by atoms with Gasteiger partial charge in [-0.1, -0.05) is 13.0 Å². The second-order valence-electron chi connectivity index (χ2n) is 4.03. The predicted octanol–water partition coefficient (Wildman–Crippen LogP) is 2.75. The summed E-state index contributed by atoms with van der Waals surface area (Å²) in [6.07, 6.45) is 0.920. The smallest absolute Gasteiger partial charge is 0.338 e. The molecule has 16 heavy (non-hydrogen) atoms. The number of carboxylic acids is 1. The van der Waals surface area contributed by atoms with Crippen molar-refractivity contribution in [3.63, 3.8) is 0 Å². The maximum absolute atomic E-state index is 11.2.